The van der Waals surface area contributed by atoms with Crippen LogP contribution in [-0.4, -0.2) is 5.91 Å². The van der Waals surface area contributed by atoms with Gasteiger partial charge < -0.3 is 5.73 Å². The minimum Gasteiger partial charge on any atom is -0.366 e. The normalized spacial score (nSPS) is 10.6. The summed E-state index contributed by atoms with van der Waals surface area (Å²) in [5.74, 6) is -0.401. The van der Waals surface area contributed by atoms with E-state index in [0.29, 0.717) is 5.56 Å². The van der Waals surface area contributed by atoms with Crippen LogP contribution in [0, 0.1) is 0 Å². The fourth-order valence-electron chi connectivity index (χ4n) is 2.34. The molecule has 1 amide bonds. The molecule has 1 heterocycles. The van der Waals surface area contributed by atoms with Gasteiger partial charge in [-0.25, -0.2) is 0 Å². The topological polar surface area (TPSA) is 47.0 Å². The van der Waals surface area contributed by atoms with Gasteiger partial charge in [-0.15, -0.1) is 0 Å². The summed E-state index contributed by atoms with van der Waals surface area (Å²) in [7, 11) is 0. The van der Waals surface area contributed by atoms with Crippen molar-refractivity contribution < 1.29 is 9.36 Å². The number of pyridine rings is 1. The quantitative estimate of drug-likeness (QED) is 0.724. The third kappa shape index (κ3) is 2.38. The van der Waals surface area contributed by atoms with Crippen LogP contribution in [0.4, 0.5) is 0 Å². The van der Waals surface area contributed by atoms with E-state index < -0.39 is 5.91 Å². The zero-order chi connectivity index (χ0) is 13.9. The number of fused-ring (bicyclic) bond motifs is 1. The van der Waals surface area contributed by atoms with Gasteiger partial charge in [0.1, 0.15) is 0 Å². The summed E-state index contributed by atoms with van der Waals surface area (Å²) < 4.78 is 2.12. The smallest absolute Gasteiger partial charge is 0.248 e. The second-order valence-electron chi connectivity index (χ2n) is 4.76. The third-order valence-corrected chi connectivity index (χ3v) is 3.36. The summed E-state index contributed by atoms with van der Waals surface area (Å²) in [6, 6.07) is 19.8. The van der Waals surface area contributed by atoms with E-state index in [2.05, 4.69) is 16.7 Å². The number of hydrogen-bond acceptors (Lipinski definition) is 1. The molecule has 0 bridgehead atoms. The maximum Gasteiger partial charge on any atom is 0.248 e. The highest BCUT2D eigenvalue weighted by atomic mass is 16.1. The summed E-state index contributed by atoms with van der Waals surface area (Å²) >= 11 is 0. The third-order valence-electron chi connectivity index (χ3n) is 3.36. The van der Waals surface area contributed by atoms with E-state index in [9.17, 15) is 4.79 Å². The van der Waals surface area contributed by atoms with Crippen LogP contribution < -0.4 is 10.3 Å². The zero-order valence-corrected chi connectivity index (χ0v) is 11.0. The number of aromatic nitrogens is 1. The second-order valence-corrected chi connectivity index (χ2v) is 4.76. The number of rotatable bonds is 3. The Bertz CT molecular complexity index is 766. The minimum atomic E-state index is -0.401. The monoisotopic (exact) mass is 263 g/mol. The molecule has 0 fully saturated rings. The number of carbonyl (C=O) groups is 1. The first-order valence-electron chi connectivity index (χ1n) is 6.50. The Balaban J connectivity index is 2.10. The average molecular weight is 263 g/mol. The molecule has 3 rings (SSSR count). The first-order valence-corrected chi connectivity index (χ1v) is 6.50. The summed E-state index contributed by atoms with van der Waals surface area (Å²) in [6.07, 6.45) is 2.01. The molecule has 20 heavy (non-hydrogen) atoms. The molecular formula is C17H15N2O+. The van der Waals surface area contributed by atoms with Crippen molar-refractivity contribution in [3.8, 4) is 0 Å². The first kappa shape index (κ1) is 12.4. The van der Waals surface area contributed by atoms with Gasteiger partial charge in [-0.05, 0) is 18.2 Å². The van der Waals surface area contributed by atoms with E-state index in [4.69, 9.17) is 5.73 Å². The largest absolute Gasteiger partial charge is 0.366 e. The van der Waals surface area contributed by atoms with Gasteiger partial charge in [0, 0.05) is 28.6 Å². The Labute approximate surface area is 117 Å². The van der Waals surface area contributed by atoms with Gasteiger partial charge in [-0.1, -0.05) is 30.3 Å². The van der Waals surface area contributed by atoms with Gasteiger partial charge in [-0.3, -0.25) is 4.79 Å². The highest BCUT2D eigenvalue weighted by Gasteiger charge is 2.11. The predicted molar refractivity (Wildman–Crippen MR) is 78.2 cm³/mol. The van der Waals surface area contributed by atoms with Crippen molar-refractivity contribution in [1.82, 2.24) is 0 Å². The van der Waals surface area contributed by atoms with Crippen LogP contribution in [0.2, 0.25) is 0 Å². The number of nitrogens with two attached hydrogens (primary N) is 1. The van der Waals surface area contributed by atoms with Crippen molar-refractivity contribution in [2.45, 2.75) is 6.54 Å². The van der Waals surface area contributed by atoms with E-state index in [0.717, 1.165) is 17.4 Å². The molecule has 0 aliphatic carbocycles. The number of hydrogen-bond donors (Lipinski definition) is 1. The molecular weight excluding hydrogens is 248 g/mol. The number of carbonyl (C=O) groups excluding carboxylic acids is 1. The molecule has 2 aromatic carbocycles. The van der Waals surface area contributed by atoms with Crippen LogP contribution in [0.3, 0.4) is 0 Å². The summed E-state index contributed by atoms with van der Waals surface area (Å²) in [5, 5.41) is 1.09. The second kappa shape index (κ2) is 5.13. The molecule has 0 aliphatic rings. The lowest BCUT2D eigenvalue weighted by atomic mass is 10.1. The molecule has 0 unspecified atom stereocenters. The molecule has 0 atom stereocenters. The van der Waals surface area contributed by atoms with Crippen molar-refractivity contribution in [2.24, 2.45) is 5.73 Å². The van der Waals surface area contributed by atoms with Gasteiger partial charge >= 0.3 is 0 Å². The Kier molecular flexibility index (Phi) is 3.17. The summed E-state index contributed by atoms with van der Waals surface area (Å²) in [6.45, 7) is 0.764. The van der Waals surface area contributed by atoms with E-state index in [1.165, 1.54) is 5.56 Å². The number of nitrogens with zero attached hydrogens (tertiary/aromatic N) is 1. The van der Waals surface area contributed by atoms with Crippen LogP contribution >= 0.6 is 0 Å². The van der Waals surface area contributed by atoms with Gasteiger partial charge in [0.2, 0.25) is 11.4 Å². The Morgan fingerprint density at radius 2 is 1.80 bits per heavy atom. The molecule has 0 radical (unpaired) electrons. The van der Waals surface area contributed by atoms with E-state index >= 15 is 0 Å². The number of amides is 1. The molecule has 0 saturated heterocycles. The SMILES string of the molecule is NC(=O)c1ccc2ccc[n+](Cc3ccccc3)c2c1. The Hall–Kier alpha value is -2.68. The highest BCUT2D eigenvalue weighted by molar-refractivity contribution is 5.96. The fourth-order valence-corrected chi connectivity index (χ4v) is 2.34. The van der Waals surface area contributed by atoms with Crippen LogP contribution in [0.25, 0.3) is 10.9 Å². The molecule has 3 heteroatoms. The first-order chi connectivity index (χ1) is 9.74. The van der Waals surface area contributed by atoms with Gasteiger partial charge in [0.05, 0.1) is 0 Å². The van der Waals surface area contributed by atoms with E-state index in [1.54, 1.807) is 6.07 Å². The minimum absolute atomic E-state index is 0.401. The standard InChI is InChI=1S/C17H14N2O/c18-17(20)15-9-8-14-7-4-10-19(16(14)11-15)12-13-5-2-1-3-6-13/h1-11H,12H2,(H-,18,20)/p+1. The van der Waals surface area contributed by atoms with Crippen LogP contribution in [0.15, 0.2) is 66.9 Å². The molecule has 0 saturated carbocycles. The number of benzene rings is 2. The van der Waals surface area contributed by atoms with Gasteiger partial charge in [0.15, 0.2) is 12.7 Å². The summed E-state index contributed by atoms with van der Waals surface area (Å²) in [5.41, 5.74) is 8.12. The summed E-state index contributed by atoms with van der Waals surface area (Å²) in [4.78, 5) is 11.3. The lowest BCUT2D eigenvalue weighted by molar-refractivity contribution is -0.662. The Morgan fingerprint density at radius 3 is 2.55 bits per heavy atom. The van der Waals surface area contributed by atoms with Crippen molar-refractivity contribution in [2.75, 3.05) is 0 Å². The van der Waals surface area contributed by atoms with E-state index in [-0.39, 0.29) is 0 Å². The number of primary amides is 1. The molecule has 1 aromatic heterocycles. The van der Waals surface area contributed by atoms with Gasteiger partial charge in [0.25, 0.3) is 0 Å². The molecule has 3 nitrogen and oxygen atoms in total. The van der Waals surface area contributed by atoms with Crippen LogP contribution in [-0.2, 0) is 6.54 Å². The maximum absolute atomic E-state index is 11.3. The average Bonchev–Trinajstić information content (AvgIpc) is 2.48. The molecule has 0 spiro atoms. The maximum atomic E-state index is 11.3. The molecule has 3 aromatic rings. The highest BCUT2D eigenvalue weighted by Crippen LogP contribution is 2.12. The lowest BCUT2D eigenvalue weighted by Crippen LogP contribution is -2.34. The van der Waals surface area contributed by atoms with Crippen molar-refractivity contribution in [3.05, 3.63) is 78.0 Å². The predicted octanol–water partition coefficient (Wildman–Crippen LogP) is 2.27. The Morgan fingerprint density at radius 1 is 1.00 bits per heavy atom. The van der Waals surface area contributed by atoms with Crippen LogP contribution in [0.1, 0.15) is 15.9 Å². The van der Waals surface area contributed by atoms with Gasteiger partial charge in [-0.2, -0.15) is 4.57 Å². The van der Waals surface area contributed by atoms with E-state index in [1.807, 2.05) is 48.7 Å². The lowest BCUT2D eigenvalue weighted by Gasteiger charge is -2.03. The zero-order valence-electron chi connectivity index (χ0n) is 11.0. The van der Waals surface area contributed by atoms with Crippen LogP contribution in [0.5, 0.6) is 0 Å². The molecule has 98 valence electrons. The van der Waals surface area contributed by atoms with Crippen molar-refractivity contribution in [3.63, 3.8) is 0 Å². The fraction of sp³-hybridized carbons (Fsp3) is 0.0588. The van der Waals surface area contributed by atoms with Crippen molar-refractivity contribution >= 4 is 16.8 Å². The van der Waals surface area contributed by atoms with Crippen molar-refractivity contribution in [1.29, 1.82) is 0 Å². The molecule has 0 aliphatic heterocycles. The molecule has 2 N–H and O–H groups in total.